The minimum atomic E-state index is -4.02. The molecule has 0 amide bonds. The summed E-state index contributed by atoms with van der Waals surface area (Å²) in [5.41, 5.74) is 0. The van der Waals surface area contributed by atoms with Crippen molar-refractivity contribution >= 4 is 31.8 Å². The van der Waals surface area contributed by atoms with E-state index in [1.54, 1.807) is 36.4 Å². The van der Waals surface area contributed by atoms with Gasteiger partial charge in [0.15, 0.2) is 0 Å². The normalized spacial score (nSPS) is 16.2. The summed E-state index contributed by atoms with van der Waals surface area (Å²) in [7, 11) is -8.04. The molecule has 0 spiro atoms. The number of aliphatic carboxylic acids is 1. The van der Waals surface area contributed by atoms with Gasteiger partial charge in [-0.15, -0.1) is 0 Å². The molecule has 1 fully saturated rings. The first kappa shape index (κ1) is 24.2. The first-order valence-corrected chi connectivity index (χ1v) is 11.4. The van der Waals surface area contributed by atoms with Crippen LogP contribution in [0, 0.1) is 0 Å². The van der Waals surface area contributed by atoms with E-state index in [2.05, 4.69) is 5.32 Å². The van der Waals surface area contributed by atoms with E-state index in [-0.39, 0.29) is 16.7 Å². The third-order valence-electron chi connectivity index (χ3n) is 3.54. The van der Waals surface area contributed by atoms with Crippen molar-refractivity contribution in [2.45, 2.75) is 18.9 Å². The van der Waals surface area contributed by atoms with Crippen molar-refractivity contribution in [1.29, 1.82) is 0 Å². The molecule has 1 atom stereocenters. The van der Waals surface area contributed by atoms with E-state index < -0.39 is 21.2 Å². The Morgan fingerprint density at radius 2 is 1.21 bits per heavy atom. The number of hydrogen-bond donors (Lipinski definition) is 6. The lowest BCUT2D eigenvalue weighted by atomic mass is 10.2. The summed E-state index contributed by atoms with van der Waals surface area (Å²) >= 11 is 0. The summed E-state index contributed by atoms with van der Waals surface area (Å²) in [6.07, 6.45) is 1.78. The molecule has 9 nitrogen and oxygen atoms in total. The van der Waals surface area contributed by atoms with Crippen molar-refractivity contribution in [1.82, 2.24) is 5.32 Å². The summed E-state index contributed by atoms with van der Waals surface area (Å²) in [5.74, 6) is -0.720. The highest BCUT2D eigenvalue weighted by Crippen LogP contribution is 2.32. The van der Waals surface area contributed by atoms with Crippen LogP contribution < -0.4 is 15.9 Å². The molecule has 154 valence electrons. The first-order valence-electron chi connectivity index (χ1n) is 8.20. The van der Waals surface area contributed by atoms with E-state index in [0.29, 0.717) is 0 Å². The molecule has 0 aromatic heterocycles. The first-order chi connectivity index (χ1) is 13.0. The average molecular weight is 431 g/mol. The Balaban J connectivity index is 0.000000212. The van der Waals surface area contributed by atoms with Crippen molar-refractivity contribution < 1.29 is 38.6 Å². The van der Waals surface area contributed by atoms with Crippen LogP contribution in [0.3, 0.4) is 0 Å². The Bertz CT molecular complexity index is 756. The molecule has 0 aliphatic carbocycles. The summed E-state index contributed by atoms with van der Waals surface area (Å²) < 4.78 is 21.1. The van der Waals surface area contributed by atoms with Gasteiger partial charge in [0.05, 0.1) is 10.6 Å². The van der Waals surface area contributed by atoms with E-state index >= 15 is 0 Å². The fraction of sp³-hybridized carbons (Fsp3) is 0.235. The molecule has 0 radical (unpaired) electrons. The maximum absolute atomic E-state index is 10.5. The smallest absolute Gasteiger partial charge is 0.356 e. The second-order valence-corrected chi connectivity index (χ2v) is 8.96. The molecule has 1 aliphatic rings. The second-order valence-electron chi connectivity index (χ2n) is 5.75. The molecule has 11 heteroatoms. The van der Waals surface area contributed by atoms with Gasteiger partial charge in [-0.3, -0.25) is 13.9 Å². The maximum atomic E-state index is 10.5. The van der Waals surface area contributed by atoms with Gasteiger partial charge in [0.1, 0.15) is 6.04 Å². The topological polar surface area (TPSA) is 164 Å². The van der Waals surface area contributed by atoms with Gasteiger partial charge in [0.2, 0.25) is 0 Å². The molecule has 2 aromatic rings. The number of carbonyl (C=O) groups is 1. The fourth-order valence-corrected chi connectivity index (χ4v) is 3.26. The Kier molecular flexibility index (Phi) is 9.72. The van der Waals surface area contributed by atoms with Crippen LogP contribution in [0.15, 0.2) is 60.7 Å². The van der Waals surface area contributed by atoms with Crippen LogP contribution in [-0.4, -0.2) is 43.2 Å². The molecule has 28 heavy (non-hydrogen) atoms. The van der Waals surface area contributed by atoms with Crippen molar-refractivity contribution in [3.05, 3.63) is 60.7 Å². The Morgan fingerprint density at radius 1 is 0.821 bits per heavy atom. The molecular formula is C17H23NO8P2. The lowest BCUT2D eigenvalue weighted by molar-refractivity contribution is -0.139. The molecule has 1 heterocycles. The van der Waals surface area contributed by atoms with Crippen molar-refractivity contribution in [2.24, 2.45) is 0 Å². The van der Waals surface area contributed by atoms with Gasteiger partial charge in [-0.1, -0.05) is 36.4 Å². The number of benzene rings is 2. The average Bonchev–Trinajstić information content (AvgIpc) is 3.18. The van der Waals surface area contributed by atoms with E-state index in [0.717, 1.165) is 19.4 Å². The summed E-state index contributed by atoms with van der Waals surface area (Å²) in [4.78, 5) is 44.5. The Labute approximate surface area is 162 Å². The van der Waals surface area contributed by atoms with Crippen LogP contribution in [0.1, 0.15) is 12.8 Å². The van der Waals surface area contributed by atoms with Crippen molar-refractivity contribution in [2.75, 3.05) is 6.54 Å². The minimum Gasteiger partial charge on any atom is -0.480 e. The van der Waals surface area contributed by atoms with E-state index in [9.17, 15) is 13.9 Å². The SMILES string of the molecule is O=C(O)[C@@H]1CCCN1.O=P(O)(O)c1ccccc1.O=P(O)(O)c1ccccc1. The lowest BCUT2D eigenvalue weighted by Crippen LogP contribution is -2.29. The molecule has 1 saturated heterocycles. The third-order valence-corrected chi connectivity index (χ3v) is 5.49. The number of hydrogen-bond acceptors (Lipinski definition) is 4. The van der Waals surface area contributed by atoms with Crippen LogP contribution in [0.4, 0.5) is 0 Å². The van der Waals surface area contributed by atoms with Crippen LogP contribution in [0.2, 0.25) is 0 Å². The highest BCUT2D eigenvalue weighted by Gasteiger charge is 2.20. The quantitative estimate of drug-likeness (QED) is 0.386. The van der Waals surface area contributed by atoms with Gasteiger partial charge in [0, 0.05) is 0 Å². The summed E-state index contributed by atoms with van der Waals surface area (Å²) in [6, 6.07) is 15.1. The van der Waals surface area contributed by atoms with Gasteiger partial charge in [0.25, 0.3) is 0 Å². The maximum Gasteiger partial charge on any atom is 0.356 e. The monoisotopic (exact) mass is 431 g/mol. The second kappa shape index (κ2) is 11.2. The van der Waals surface area contributed by atoms with Gasteiger partial charge < -0.3 is 30.0 Å². The molecule has 3 rings (SSSR count). The van der Waals surface area contributed by atoms with E-state index in [1.807, 2.05) is 0 Å². The molecule has 6 N–H and O–H groups in total. The van der Waals surface area contributed by atoms with Gasteiger partial charge in [-0.2, -0.15) is 0 Å². The van der Waals surface area contributed by atoms with Crippen LogP contribution >= 0.6 is 15.2 Å². The van der Waals surface area contributed by atoms with E-state index in [4.69, 9.17) is 24.7 Å². The standard InChI is InChI=1S/2C6H7O3P.C5H9NO2/c2*7-10(8,9)6-4-2-1-3-5-6;7-5(8)4-2-1-3-6-4/h2*1-5H,(H2,7,8,9);4,6H,1-3H2,(H,7,8)/t;;4-/m..0/s1. The molecule has 1 aliphatic heterocycles. The Morgan fingerprint density at radius 3 is 1.39 bits per heavy atom. The number of carboxylic acid groups (broad SMARTS) is 1. The fourth-order valence-electron chi connectivity index (χ4n) is 2.14. The zero-order chi connectivity index (χ0) is 21.2. The highest BCUT2D eigenvalue weighted by atomic mass is 31.2. The lowest BCUT2D eigenvalue weighted by Gasteiger charge is -2.00. The van der Waals surface area contributed by atoms with Crippen LogP contribution in [0.25, 0.3) is 0 Å². The largest absolute Gasteiger partial charge is 0.480 e. The number of nitrogens with one attached hydrogen (secondary N) is 1. The molecular weight excluding hydrogens is 408 g/mol. The number of rotatable bonds is 3. The van der Waals surface area contributed by atoms with Crippen molar-refractivity contribution in [3.63, 3.8) is 0 Å². The molecule has 0 bridgehead atoms. The minimum absolute atomic E-state index is 0.0648. The zero-order valence-corrected chi connectivity index (χ0v) is 16.6. The van der Waals surface area contributed by atoms with Crippen molar-refractivity contribution in [3.8, 4) is 0 Å². The molecule has 2 aromatic carbocycles. The third kappa shape index (κ3) is 9.39. The zero-order valence-electron chi connectivity index (χ0n) is 14.8. The predicted octanol–water partition coefficient (Wildman–Crippen LogP) is 0.802. The predicted molar refractivity (Wildman–Crippen MR) is 105 cm³/mol. The van der Waals surface area contributed by atoms with Gasteiger partial charge in [-0.05, 0) is 43.7 Å². The van der Waals surface area contributed by atoms with Gasteiger partial charge in [-0.25, -0.2) is 0 Å². The van der Waals surface area contributed by atoms with Crippen LogP contribution in [-0.2, 0) is 13.9 Å². The molecule has 0 unspecified atom stereocenters. The van der Waals surface area contributed by atoms with E-state index in [1.165, 1.54) is 24.3 Å². The Hall–Kier alpha value is -1.83. The molecule has 0 saturated carbocycles. The highest BCUT2D eigenvalue weighted by molar-refractivity contribution is 7.60. The summed E-state index contributed by atoms with van der Waals surface area (Å²) in [6.45, 7) is 0.858. The summed E-state index contributed by atoms with van der Waals surface area (Å²) in [5, 5.41) is 11.3. The van der Waals surface area contributed by atoms with Gasteiger partial charge >= 0.3 is 21.2 Å². The van der Waals surface area contributed by atoms with Crippen LogP contribution in [0.5, 0.6) is 0 Å². The number of carboxylic acids is 1.